The highest BCUT2D eigenvalue weighted by molar-refractivity contribution is 6.30. The summed E-state index contributed by atoms with van der Waals surface area (Å²) in [6.07, 6.45) is 10.4. The van der Waals surface area contributed by atoms with Crippen LogP contribution in [0.25, 0.3) is 0 Å². The first-order chi connectivity index (χ1) is 12.8. The molecular weight excluding hydrogens is 360 g/mol. The van der Waals surface area contributed by atoms with E-state index in [0.717, 1.165) is 18.5 Å². The second-order valence-corrected chi connectivity index (χ2v) is 9.32. The first-order valence-corrected chi connectivity index (χ1v) is 10.1. The monoisotopic (exact) mass is 386 g/mol. The highest BCUT2D eigenvalue weighted by Crippen LogP contribution is 2.68. The lowest BCUT2D eigenvalue weighted by Gasteiger charge is -2.39. The summed E-state index contributed by atoms with van der Waals surface area (Å²) in [7, 11) is 0. The summed E-state index contributed by atoms with van der Waals surface area (Å²) in [6.45, 7) is 7.57. The Morgan fingerprint density at radius 1 is 1.41 bits per heavy atom. The maximum atomic E-state index is 13.3. The van der Waals surface area contributed by atoms with Gasteiger partial charge in [0.15, 0.2) is 0 Å². The van der Waals surface area contributed by atoms with Gasteiger partial charge in [-0.05, 0) is 48.1 Å². The number of nitrogens with one attached hydrogen (secondary N) is 1. The van der Waals surface area contributed by atoms with Gasteiger partial charge in [0.2, 0.25) is 5.91 Å². The molecule has 0 saturated heterocycles. The highest BCUT2D eigenvalue weighted by Gasteiger charge is 2.63. The Morgan fingerprint density at radius 3 is 2.78 bits per heavy atom. The molecule has 2 aliphatic carbocycles. The molecule has 144 valence electrons. The van der Waals surface area contributed by atoms with E-state index in [1.807, 2.05) is 22.9 Å². The number of aromatic nitrogens is 3. The summed E-state index contributed by atoms with van der Waals surface area (Å²) in [6, 6.07) is 3.49. The standard InChI is InChI=1S/C21H27ClN4O/c1-20(2)14-6-7-21(20,3)16(10-14)19(27)25-18(12-26-9-8-23-13-26)17-5-4-15(22)11-24-17/h4-5,8-9,11,13-14,16,18H,6-7,10,12H2,1-3H3,(H,25,27)/t14?,16?,18?,21-/m0/s1. The molecule has 2 bridgehead atoms. The fourth-order valence-corrected chi connectivity index (χ4v) is 5.40. The van der Waals surface area contributed by atoms with Crippen LogP contribution in [0.1, 0.15) is 51.8 Å². The predicted octanol–water partition coefficient (Wildman–Crippen LogP) is 4.25. The topological polar surface area (TPSA) is 59.8 Å². The van der Waals surface area contributed by atoms with Crippen LogP contribution in [0.5, 0.6) is 0 Å². The number of carbonyl (C=O) groups is 1. The van der Waals surface area contributed by atoms with Crippen molar-refractivity contribution in [2.75, 3.05) is 0 Å². The minimum Gasteiger partial charge on any atom is -0.346 e. The van der Waals surface area contributed by atoms with Crippen LogP contribution in [0.2, 0.25) is 5.02 Å². The van der Waals surface area contributed by atoms with Crippen LogP contribution in [0.3, 0.4) is 0 Å². The highest BCUT2D eigenvalue weighted by atomic mass is 35.5. The van der Waals surface area contributed by atoms with Crippen molar-refractivity contribution in [1.82, 2.24) is 19.9 Å². The molecule has 6 heteroatoms. The average Bonchev–Trinajstić information content (AvgIpc) is 3.27. The number of nitrogens with zero attached hydrogens (tertiary/aromatic N) is 3. The van der Waals surface area contributed by atoms with Crippen LogP contribution >= 0.6 is 11.6 Å². The van der Waals surface area contributed by atoms with Gasteiger partial charge in [0.1, 0.15) is 0 Å². The van der Waals surface area contributed by atoms with Gasteiger partial charge in [0.25, 0.3) is 0 Å². The molecule has 2 aromatic heterocycles. The van der Waals surface area contributed by atoms with Crippen LogP contribution in [0.15, 0.2) is 37.1 Å². The first kappa shape index (κ1) is 18.5. The molecule has 27 heavy (non-hydrogen) atoms. The van der Waals surface area contributed by atoms with Gasteiger partial charge in [-0.3, -0.25) is 9.78 Å². The molecule has 2 saturated carbocycles. The zero-order chi connectivity index (χ0) is 19.2. The van der Waals surface area contributed by atoms with E-state index in [-0.39, 0.29) is 28.7 Å². The second kappa shape index (κ2) is 6.62. The Balaban J connectivity index is 1.56. The molecule has 2 fully saturated rings. The number of hydrogen-bond acceptors (Lipinski definition) is 3. The Kier molecular flexibility index (Phi) is 4.53. The van der Waals surface area contributed by atoms with E-state index < -0.39 is 0 Å². The zero-order valence-corrected chi connectivity index (χ0v) is 16.9. The van der Waals surface area contributed by atoms with Crippen LogP contribution in [0.4, 0.5) is 0 Å². The van der Waals surface area contributed by atoms with Crippen molar-refractivity contribution in [3.63, 3.8) is 0 Å². The number of pyridine rings is 1. The average molecular weight is 387 g/mol. The third-order valence-electron chi connectivity index (χ3n) is 7.49. The van der Waals surface area contributed by atoms with E-state index in [0.29, 0.717) is 17.5 Å². The lowest BCUT2D eigenvalue weighted by Crippen LogP contribution is -2.43. The van der Waals surface area contributed by atoms with Gasteiger partial charge in [-0.25, -0.2) is 4.98 Å². The van der Waals surface area contributed by atoms with Gasteiger partial charge in [-0.2, -0.15) is 0 Å². The van der Waals surface area contributed by atoms with Crippen LogP contribution < -0.4 is 5.32 Å². The number of hydrogen-bond donors (Lipinski definition) is 1. The van der Waals surface area contributed by atoms with Gasteiger partial charge in [-0.1, -0.05) is 32.4 Å². The Labute approximate surface area is 165 Å². The quantitative estimate of drug-likeness (QED) is 0.835. The summed E-state index contributed by atoms with van der Waals surface area (Å²) in [5.41, 5.74) is 1.09. The lowest BCUT2D eigenvalue weighted by molar-refractivity contribution is -0.130. The zero-order valence-electron chi connectivity index (χ0n) is 16.2. The van der Waals surface area contributed by atoms with Gasteiger partial charge >= 0.3 is 0 Å². The summed E-state index contributed by atoms with van der Waals surface area (Å²) < 4.78 is 1.97. The molecule has 0 aliphatic heterocycles. The first-order valence-electron chi connectivity index (χ1n) is 9.69. The van der Waals surface area contributed by atoms with E-state index in [1.54, 1.807) is 18.7 Å². The molecule has 2 aliphatic rings. The normalized spacial score (nSPS) is 29.6. The van der Waals surface area contributed by atoms with Crippen molar-refractivity contribution in [3.05, 3.63) is 47.8 Å². The lowest BCUT2D eigenvalue weighted by atomic mass is 9.66. The third-order valence-corrected chi connectivity index (χ3v) is 7.71. The summed E-state index contributed by atoms with van der Waals surface area (Å²) in [5.74, 6) is 0.845. The third kappa shape index (κ3) is 3.06. The van der Waals surface area contributed by atoms with Gasteiger partial charge in [0.05, 0.1) is 23.1 Å². The summed E-state index contributed by atoms with van der Waals surface area (Å²) in [4.78, 5) is 21.9. The van der Waals surface area contributed by atoms with Crippen LogP contribution in [0, 0.1) is 22.7 Å². The van der Waals surface area contributed by atoms with Gasteiger partial charge < -0.3 is 9.88 Å². The van der Waals surface area contributed by atoms with Crippen molar-refractivity contribution in [2.45, 2.75) is 52.6 Å². The molecule has 1 amide bonds. The van der Waals surface area contributed by atoms with Gasteiger partial charge in [-0.15, -0.1) is 0 Å². The molecule has 1 N–H and O–H groups in total. The molecule has 0 spiro atoms. The van der Waals surface area contributed by atoms with E-state index in [9.17, 15) is 4.79 Å². The number of halogens is 1. The number of amides is 1. The maximum absolute atomic E-state index is 13.3. The summed E-state index contributed by atoms with van der Waals surface area (Å²) in [5, 5.41) is 3.88. The molecule has 2 aromatic rings. The minimum atomic E-state index is -0.213. The number of fused-ring (bicyclic) bond motifs is 2. The molecule has 3 unspecified atom stereocenters. The van der Waals surface area contributed by atoms with E-state index >= 15 is 0 Å². The van der Waals surface area contributed by atoms with E-state index in [2.05, 4.69) is 36.1 Å². The smallest absolute Gasteiger partial charge is 0.224 e. The van der Waals surface area contributed by atoms with Gasteiger partial charge in [0, 0.05) is 31.1 Å². The Bertz CT molecular complexity index is 817. The molecule has 5 nitrogen and oxygen atoms in total. The van der Waals surface area contributed by atoms with E-state index in [4.69, 9.17) is 11.6 Å². The van der Waals surface area contributed by atoms with Crippen molar-refractivity contribution in [3.8, 4) is 0 Å². The number of carbonyl (C=O) groups excluding carboxylic acids is 1. The molecular formula is C21H27ClN4O. The number of imidazole rings is 1. The fourth-order valence-electron chi connectivity index (χ4n) is 5.28. The molecule has 2 heterocycles. The van der Waals surface area contributed by atoms with E-state index in [1.165, 1.54) is 6.42 Å². The summed E-state index contributed by atoms with van der Waals surface area (Å²) >= 11 is 6.00. The molecule has 0 aromatic carbocycles. The molecule has 4 rings (SSSR count). The Morgan fingerprint density at radius 2 is 2.22 bits per heavy atom. The molecule has 0 radical (unpaired) electrons. The largest absolute Gasteiger partial charge is 0.346 e. The minimum absolute atomic E-state index is 0.0591. The maximum Gasteiger partial charge on any atom is 0.224 e. The van der Waals surface area contributed by atoms with Crippen LogP contribution in [-0.2, 0) is 11.3 Å². The molecule has 4 atom stereocenters. The SMILES string of the molecule is CC1(C)C2CC[C@@]1(C)C(C(=O)NC(Cn1ccnc1)c1ccc(Cl)cn1)C2. The van der Waals surface area contributed by atoms with Crippen molar-refractivity contribution in [2.24, 2.45) is 22.7 Å². The van der Waals surface area contributed by atoms with Crippen LogP contribution in [-0.4, -0.2) is 20.4 Å². The number of rotatable bonds is 5. The van der Waals surface area contributed by atoms with Crippen molar-refractivity contribution in [1.29, 1.82) is 0 Å². The Hall–Kier alpha value is -1.88. The van der Waals surface area contributed by atoms with Crippen molar-refractivity contribution < 1.29 is 4.79 Å². The van der Waals surface area contributed by atoms with Crippen molar-refractivity contribution >= 4 is 17.5 Å². The predicted molar refractivity (Wildman–Crippen MR) is 105 cm³/mol. The fraction of sp³-hybridized carbons (Fsp3) is 0.571. The second-order valence-electron chi connectivity index (χ2n) is 8.88.